The Morgan fingerprint density at radius 1 is 0.812 bits per heavy atom. The van der Waals surface area contributed by atoms with Crippen LogP contribution in [0.1, 0.15) is 79.1 Å². The van der Waals surface area contributed by atoms with Crippen molar-refractivity contribution in [2.75, 3.05) is 6.61 Å². The fraction of sp³-hybridized carbons (Fsp3) is 1.00. The summed E-state index contributed by atoms with van der Waals surface area (Å²) in [4.78, 5) is 0. The number of ether oxygens (including phenoxy) is 2. The van der Waals surface area contributed by atoms with Crippen molar-refractivity contribution < 1.29 is 24.8 Å². The highest BCUT2D eigenvalue weighted by Gasteiger charge is 2.69. The smallest absolute Gasteiger partial charge is 0.171 e. The summed E-state index contributed by atoms with van der Waals surface area (Å²) in [6.45, 7) is 10.3. The van der Waals surface area contributed by atoms with Crippen molar-refractivity contribution in [2.24, 2.45) is 52.3 Å². The van der Waals surface area contributed by atoms with Crippen LogP contribution in [-0.2, 0) is 9.47 Å². The molecule has 32 heavy (non-hydrogen) atoms. The molecule has 0 amide bonds. The second-order valence-electron chi connectivity index (χ2n) is 13.3. The van der Waals surface area contributed by atoms with E-state index in [9.17, 15) is 15.3 Å². The van der Waals surface area contributed by atoms with Gasteiger partial charge in [0.2, 0.25) is 0 Å². The molecule has 0 bridgehead atoms. The number of aliphatic hydroxyl groups excluding tert-OH is 3. The third kappa shape index (κ3) is 2.75. The first-order valence-electron chi connectivity index (χ1n) is 13.5. The van der Waals surface area contributed by atoms with E-state index in [0.717, 1.165) is 32.3 Å². The van der Waals surface area contributed by atoms with E-state index < -0.39 is 18.3 Å². The van der Waals surface area contributed by atoms with E-state index in [1.54, 1.807) is 0 Å². The third-order valence-corrected chi connectivity index (χ3v) is 12.0. The Balaban J connectivity index is 1.27. The van der Waals surface area contributed by atoms with Gasteiger partial charge in [-0.05, 0) is 91.3 Å². The zero-order valence-electron chi connectivity index (χ0n) is 20.4. The number of rotatable bonds is 0. The van der Waals surface area contributed by atoms with Crippen LogP contribution in [0.25, 0.3) is 0 Å². The van der Waals surface area contributed by atoms with Gasteiger partial charge in [-0.15, -0.1) is 0 Å². The molecular formula is C27H44O5. The van der Waals surface area contributed by atoms with Crippen molar-refractivity contribution in [1.29, 1.82) is 0 Å². The number of aliphatic hydroxyl groups is 3. The summed E-state index contributed by atoms with van der Waals surface area (Å²) in [6.07, 6.45) is 6.18. The van der Waals surface area contributed by atoms with Crippen LogP contribution in [0.5, 0.6) is 0 Å². The molecule has 6 fully saturated rings. The Bertz CT molecular complexity index is 748. The fourth-order valence-electron chi connectivity index (χ4n) is 10.4. The van der Waals surface area contributed by atoms with Crippen LogP contribution >= 0.6 is 0 Å². The molecule has 2 heterocycles. The van der Waals surface area contributed by atoms with E-state index in [1.165, 1.54) is 19.3 Å². The van der Waals surface area contributed by atoms with Gasteiger partial charge in [-0.25, -0.2) is 0 Å². The lowest BCUT2D eigenvalue weighted by Gasteiger charge is -2.62. The van der Waals surface area contributed by atoms with Crippen LogP contribution < -0.4 is 0 Å². The lowest BCUT2D eigenvalue weighted by atomic mass is 9.43. The van der Waals surface area contributed by atoms with Gasteiger partial charge in [0.25, 0.3) is 0 Å². The van der Waals surface area contributed by atoms with E-state index in [1.807, 2.05) is 0 Å². The summed E-state index contributed by atoms with van der Waals surface area (Å²) in [6, 6.07) is 0. The molecule has 1 spiro atoms. The Morgan fingerprint density at radius 3 is 2.31 bits per heavy atom. The summed E-state index contributed by atoms with van der Waals surface area (Å²) in [5.41, 5.74) is 0.201. The third-order valence-electron chi connectivity index (χ3n) is 12.0. The summed E-state index contributed by atoms with van der Waals surface area (Å²) in [5.74, 6) is 3.18. The van der Waals surface area contributed by atoms with Crippen molar-refractivity contribution in [1.82, 2.24) is 0 Å². The topological polar surface area (TPSA) is 79.2 Å². The van der Waals surface area contributed by atoms with Gasteiger partial charge in [-0.2, -0.15) is 0 Å². The maximum atomic E-state index is 10.8. The van der Waals surface area contributed by atoms with E-state index >= 15 is 0 Å². The first kappa shape index (κ1) is 22.3. The summed E-state index contributed by atoms with van der Waals surface area (Å²) in [5, 5.41) is 31.7. The molecule has 4 saturated carbocycles. The van der Waals surface area contributed by atoms with Gasteiger partial charge < -0.3 is 24.8 Å². The second kappa shape index (κ2) is 7.16. The predicted octanol–water partition coefficient (Wildman–Crippen LogP) is 3.74. The van der Waals surface area contributed by atoms with E-state index in [2.05, 4.69) is 27.7 Å². The molecule has 0 unspecified atom stereocenters. The molecule has 6 aliphatic rings. The van der Waals surface area contributed by atoms with Gasteiger partial charge in [0.1, 0.15) is 6.10 Å². The predicted molar refractivity (Wildman–Crippen MR) is 121 cm³/mol. The molecule has 0 aromatic carbocycles. The molecule has 2 saturated heterocycles. The Hall–Kier alpha value is -0.200. The van der Waals surface area contributed by atoms with Gasteiger partial charge in [-0.1, -0.05) is 27.7 Å². The Morgan fingerprint density at radius 2 is 1.59 bits per heavy atom. The standard InChI is InChI=1S/C27H44O5/c1-14-7-10-27(31-13-14)15(2)22-21(32-27)11-19-16-5-6-18-23(29)24(30)20(28)12-26(18,4)17(16)8-9-25(19,22)3/h14-24,28-30H,5-13H2,1-4H3/t14-,15-,16+,17-,18+,19-,20-,21-,22-,23+,24+,25-,26+,27+/m0/s1. The van der Waals surface area contributed by atoms with Crippen LogP contribution in [0.2, 0.25) is 0 Å². The van der Waals surface area contributed by atoms with Gasteiger partial charge in [0.05, 0.1) is 24.9 Å². The lowest BCUT2D eigenvalue weighted by molar-refractivity contribution is -0.273. The number of hydrogen-bond acceptors (Lipinski definition) is 5. The summed E-state index contributed by atoms with van der Waals surface area (Å²) < 4.78 is 13.3. The first-order chi connectivity index (χ1) is 15.1. The van der Waals surface area contributed by atoms with Crippen molar-refractivity contribution in [2.45, 2.75) is 109 Å². The van der Waals surface area contributed by atoms with Crippen LogP contribution in [0.3, 0.4) is 0 Å². The molecule has 6 rings (SSSR count). The minimum atomic E-state index is -0.993. The average Bonchev–Trinajstić information content (AvgIpc) is 3.19. The van der Waals surface area contributed by atoms with Crippen LogP contribution in [-0.4, -0.2) is 52.1 Å². The monoisotopic (exact) mass is 448 g/mol. The maximum Gasteiger partial charge on any atom is 0.171 e. The molecule has 0 aromatic heterocycles. The van der Waals surface area contributed by atoms with E-state index in [-0.39, 0.29) is 22.5 Å². The highest BCUT2D eigenvalue weighted by molar-refractivity contribution is 5.16. The van der Waals surface area contributed by atoms with Gasteiger partial charge in [0, 0.05) is 12.3 Å². The lowest BCUT2D eigenvalue weighted by Crippen LogP contribution is -2.62. The molecule has 3 N–H and O–H groups in total. The zero-order valence-corrected chi connectivity index (χ0v) is 20.4. The summed E-state index contributed by atoms with van der Waals surface area (Å²) >= 11 is 0. The molecule has 14 atom stereocenters. The maximum absolute atomic E-state index is 10.8. The fourth-order valence-corrected chi connectivity index (χ4v) is 10.4. The Kier molecular flexibility index (Phi) is 4.99. The Labute approximate surface area is 193 Å². The van der Waals surface area contributed by atoms with Crippen molar-refractivity contribution >= 4 is 0 Å². The molecule has 5 nitrogen and oxygen atoms in total. The molecule has 4 aliphatic carbocycles. The van der Waals surface area contributed by atoms with Crippen LogP contribution in [0.4, 0.5) is 0 Å². The first-order valence-corrected chi connectivity index (χ1v) is 13.5. The normalized spacial score (nSPS) is 64.0. The molecule has 5 heteroatoms. The largest absolute Gasteiger partial charge is 0.390 e. The highest BCUT2D eigenvalue weighted by Crippen LogP contribution is 2.71. The van der Waals surface area contributed by atoms with Gasteiger partial charge in [-0.3, -0.25) is 0 Å². The molecule has 0 radical (unpaired) electrons. The van der Waals surface area contributed by atoms with Gasteiger partial charge >= 0.3 is 0 Å². The molecular weight excluding hydrogens is 404 g/mol. The zero-order chi connectivity index (χ0) is 22.6. The molecule has 0 aromatic rings. The van der Waals surface area contributed by atoms with Crippen LogP contribution in [0, 0.1) is 52.3 Å². The van der Waals surface area contributed by atoms with E-state index in [4.69, 9.17) is 9.47 Å². The van der Waals surface area contributed by atoms with Crippen molar-refractivity contribution in [3.63, 3.8) is 0 Å². The second-order valence-corrected chi connectivity index (χ2v) is 13.3. The highest BCUT2D eigenvalue weighted by atomic mass is 16.7. The quantitative estimate of drug-likeness (QED) is 0.526. The van der Waals surface area contributed by atoms with Gasteiger partial charge in [0.15, 0.2) is 5.79 Å². The minimum absolute atomic E-state index is 0.0870. The van der Waals surface area contributed by atoms with Crippen LogP contribution in [0.15, 0.2) is 0 Å². The van der Waals surface area contributed by atoms with Crippen molar-refractivity contribution in [3.05, 3.63) is 0 Å². The van der Waals surface area contributed by atoms with E-state index in [0.29, 0.717) is 48.0 Å². The molecule has 2 aliphatic heterocycles. The summed E-state index contributed by atoms with van der Waals surface area (Å²) in [7, 11) is 0. The molecule has 182 valence electrons. The number of fused-ring (bicyclic) bond motifs is 7. The minimum Gasteiger partial charge on any atom is -0.390 e. The number of hydrogen-bond donors (Lipinski definition) is 3. The SMILES string of the molecule is C[C@H]1CC[C@@]2(OC1)O[C@H]1C[C@H]3[C@@H]4CC[C@@H]5[C@@H](O)[C@H](O)[C@@H](O)C[C@]5(C)[C@H]4CC[C@]3(C)[C@H]1[C@@H]2C. The average molecular weight is 449 g/mol. The van der Waals surface area contributed by atoms with Crippen molar-refractivity contribution in [3.8, 4) is 0 Å².